The Hall–Kier alpha value is -1.78. The fraction of sp³-hybridized carbons (Fsp3) is 0.333. The highest BCUT2D eigenvalue weighted by molar-refractivity contribution is 5.70. The molecule has 4 N–H and O–H groups in total. The van der Waals surface area contributed by atoms with E-state index in [-0.39, 0.29) is 0 Å². The maximum atomic E-state index is 8.89. The van der Waals surface area contributed by atoms with Gasteiger partial charge in [-0.25, -0.2) is 0 Å². The fourth-order valence-corrected chi connectivity index (χ4v) is 0.597. The summed E-state index contributed by atoms with van der Waals surface area (Å²) in [7, 11) is 0. The molecule has 14 heavy (non-hydrogen) atoms. The van der Waals surface area contributed by atoms with E-state index in [2.05, 4.69) is 13.2 Å². The van der Waals surface area contributed by atoms with Crippen LogP contribution in [-0.4, -0.2) is 29.6 Å². The summed E-state index contributed by atoms with van der Waals surface area (Å²) in [4.78, 5) is 8.89. The molecule has 80 valence electrons. The van der Waals surface area contributed by atoms with Crippen LogP contribution in [0.15, 0.2) is 25.3 Å². The van der Waals surface area contributed by atoms with Crippen molar-refractivity contribution in [3.05, 3.63) is 25.3 Å². The summed E-state index contributed by atoms with van der Waals surface area (Å²) >= 11 is 0. The molecule has 0 radical (unpaired) electrons. The van der Waals surface area contributed by atoms with Gasteiger partial charge >= 0.3 is 5.96 Å². The number of nitrogens with two attached hydrogens (primary N) is 2. The molecular weight excluding hydrogens is 182 g/mol. The third kappa shape index (κ3) is 12.9. The van der Waals surface area contributed by atoms with Crippen molar-refractivity contribution in [2.24, 2.45) is 11.5 Å². The number of carbonyl (C=O) groups is 1. The molecule has 5 nitrogen and oxygen atoms in total. The van der Waals surface area contributed by atoms with Gasteiger partial charge in [0.05, 0.1) is 13.1 Å². The largest absolute Gasteiger partial charge is 0.550 e. The van der Waals surface area contributed by atoms with E-state index in [0.29, 0.717) is 19.0 Å². The molecule has 0 spiro atoms. The van der Waals surface area contributed by atoms with E-state index in [1.165, 1.54) is 0 Å². The van der Waals surface area contributed by atoms with Gasteiger partial charge in [0.2, 0.25) is 0 Å². The van der Waals surface area contributed by atoms with Crippen LogP contribution >= 0.6 is 0 Å². The number of nitrogens with zero attached hydrogens (tertiary/aromatic N) is 1. The molecule has 5 heteroatoms. The van der Waals surface area contributed by atoms with Crippen LogP contribution in [0.25, 0.3) is 0 Å². The Kier molecular flexibility index (Phi) is 9.79. The number of aliphatic carboxylic acids is 1. The summed E-state index contributed by atoms with van der Waals surface area (Å²) in [6.07, 6.45) is 3.48. The number of rotatable bonds is 4. The fourth-order valence-electron chi connectivity index (χ4n) is 0.597. The van der Waals surface area contributed by atoms with Crippen molar-refractivity contribution in [3.8, 4) is 0 Å². The molecule has 0 atom stereocenters. The molecule has 0 unspecified atom stereocenters. The standard InChI is InChI=1S/C7H13N3.C2H4O2/c1-3-5-10(6-4-2)7(8)9;1-2(3)4/h3-4H,1-2,5-6H2,(H3,8,9);1H3,(H,3,4). The molecule has 0 aliphatic heterocycles. The molecule has 0 saturated heterocycles. The van der Waals surface area contributed by atoms with E-state index in [4.69, 9.17) is 21.4 Å². The Morgan fingerprint density at radius 2 is 1.64 bits per heavy atom. The first kappa shape index (κ1) is 14.7. The third-order valence-electron chi connectivity index (χ3n) is 1.06. The number of hydrogen-bond donors (Lipinski definition) is 2. The predicted octanol–water partition coefficient (Wildman–Crippen LogP) is -1.60. The van der Waals surface area contributed by atoms with E-state index in [1.807, 2.05) is 0 Å². The Morgan fingerprint density at radius 3 is 1.79 bits per heavy atom. The number of carboxylic acid groups (broad SMARTS) is 1. The normalized spacial score (nSPS) is 7.79. The molecule has 0 saturated carbocycles. The van der Waals surface area contributed by atoms with Gasteiger partial charge in [0.1, 0.15) is 0 Å². The van der Waals surface area contributed by atoms with Crippen LogP contribution < -0.4 is 16.6 Å². The predicted molar refractivity (Wildman–Crippen MR) is 54.5 cm³/mol. The molecule has 0 rings (SSSR count). The summed E-state index contributed by atoms with van der Waals surface area (Å²) in [5, 5.41) is 8.89. The van der Waals surface area contributed by atoms with Gasteiger partial charge < -0.3 is 9.90 Å². The monoisotopic (exact) mass is 199 g/mol. The first-order valence-corrected chi connectivity index (χ1v) is 3.97. The highest BCUT2D eigenvalue weighted by atomic mass is 16.4. The molecule has 0 aliphatic carbocycles. The molecule has 0 bridgehead atoms. The first-order valence-electron chi connectivity index (χ1n) is 3.97. The zero-order chi connectivity index (χ0) is 11.6. The van der Waals surface area contributed by atoms with Gasteiger partial charge in [0, 0.05) is 5.97 Å². The van der Waals surface area contributed by atoms with E-state index in [0.717, 1.165) is 6.92 Å². The zero-order valence-corrected chi connectivity index (χ0v) is 8.40. The SMILES string of the molecule is C=CC[N+](CC=C)=C(N)N.CC(=O)[O-]. The molecule has 0 fully saturated rings. The topological polar surface area (TPSA) is 95.2 Å². The minimum absolute atomic E-state index is 0.305. The van der Waals surface area contributed by atoms with Gasteiger partial charge in [0.15, 0.2) is 0 Å². The lowest BCUT2D eigenvalue weighted by Crippen LogP contribution is -2.36. The van der Waals surface area contributed by atoms with Crippen LogP contribution in [0.1, 0.15) is 6.92 Å². The van der Waals surface area contributed by atoms with Gasteiger partial charge in [-0.05, 0) is 6.92 Å². The smallest absolute Gasteiger partial charge is 0.341 e. The van der Waals surface area contributed by atoms with Crippen LogP contribution in [0.2, 0.25) is 0 Å². The van der Waals surface area contributed by atoms with Crippen LogP contribution in [0.3, 0.4) is 0 Å². The molecule has 0 aromatic carbocycles. The van der Waals surface area contributed by atoms with E-state index in [1.54, 1.807) is 16.7 Å². The van der Waals surface area contributed by atoms with Crippen molar-refractivity contribution >= 4 is 11.9 Å². The van der Waals surface area contributed by atoms with Crippen molar-refractivity contribution in [1.29, 1.82) is 0 Å². The summed E-state index contributed by atoms with van der Waals surface area (Å²) < 4.78 is 1.76. The third-order valence-corrected chi connectivity index (χ3v) is 1.06. The number of carbonyl (C=O) groups excluding carboxylic acids is 1. The van der Waals surface area contributed by atoms with Crippen molar-refractivity contribution < 1.29 is 14.5 Å². The van der Waals surface area contributed by atoms with Crippen molar-refractivity contribution in [1.82, 2.24) is 0 Å². The average molecular weight is 199 g/mol. The lowest BCUT2D eigenvalue weighted by Gasteiger charge is -2.01. The molecular formula is C9H17N3O2. The number of hydrogen-bond acceptors (Lipinski definition) is 2. The minimum Gasteiger partial charge on any atom is -0.550 e. The lowest BCUT2D eigenvalue weighted by atomic mass is 10.5. The van der Waals surface area contributed by atoms with Crippen molar-refractivity contribution in [2.45, 2.75) is 6.92 Å². The maximum Gasteiger partial charge on any atom is 0.341 e. The van der Waals surface area contributed by atoms with Crippen LogP contribution in [0.4, 0.5) is 0 Å². The highest BCUT2D eigenvalue weighted by Gasteiger charge is 1.96. The van der Waals surface area contributed by atoms with Crippen LogP contribution in [-0.2, 0) is 4.79 Å². The Labute approximate surface area is 84.0 Å². The molecule has 0 amide bonds. The second kappa shape index (κ2) is 9.31. The molecule has 0 aromatic rings. The summed E-state index contributed by atoms with van der Waals surface area (Å²) in [5.74, 6) is -0.778. The van der Waals surface area contributed by atoms with Gasteiger partial charge in [0.25, 0.3) is 0 Å². The number of guanidine groups is 1. The minimum atomic E-state index is -1.08. The second-order valence-corrected chi connectivity index (χ2v) is 2.40. The maximum absolute atomic E-state index is 8.89. The number of carboxylic acids is 1. The van der Waals surface area contributed by atoms with Crippen LogP contribution in [0.5, 0.6) is 0 Å². The zero-order valence-electron chi connectivity index (χ0n) is 8.40. The van der Waals surface area contributed by atoms with Gasteiger partial charge in [-0.15, -0.1) is 0 Å². The Bertz CT molecular complexity index is 214. The van der Waals surface area contributed by atoms with E-state index < -0.39 is 5.97 Å². The van der Waals surface area contributed by atoms with Gasteiger partial charge in [-0.3, -0.25) is 16.0 Å². The molecule has 0 aliphatic rings. The van der Waals surface area contributed by atoms with E-state index in [9.17, 15) is 0 Å². The first-order chi connectivity index (χ1) is 6.45. The van der Waals surface area contributed by atoms with E-state index >= 15 is 0 Å². The lowest BCUT2D eigenvalue weighted by molar-refractivity contribution is -0.509. The summed E-state index contributed by atoms with van der Waals surface area (Å²) in [6.45, 7) is 9.42. The van der Waals surface area contributed by atoms with Gasteiger partial charge in [-0.1, -0.05) is 25.3 Å². The van der Waals surface area contributed by atoms with Gasteiger partial charge in [-0.2, -0.15) is 0 Å². The second-order valence-electron chi connectivity index (χ2n) is 2.40. The quantitative estimate of drug-likeness (QED) is 0.247. The average Bonchev–Trinajstić information content (AvgIpc) is 2.02. The molecule has 0 heterocycles. The van der Waals surface area contributed by atoms with Crippen molar-refractivity contribution in [3.63, 3.8) is 0 Å². The highest BCUT2D eigenvalue weighted by Crippen LogP contribution is 1.75. The summed E-state index contributed by atoms with van der Waals surface area (Å²) in [6, 6.07) is 0. The Balaban J connectivity index is 0. The Morgan fingerprint density at radius 1 is 1.36 bits per heavy atom. The van der Waals surface area contributed by atoms with Crippen molar-refractivity contribution in [2.75, 3.05) is 13.1 Å². The molecule has 0 aromatic heterocycles. The van der Waals surface area contributed by atoms with Crippen LogP contribution in [0, 0.1) is 0 Å². The summed E-state index contributed by atoms with van der Waals surface area (Å²) in [5.41, 5.74) is 10.7.